The second-order valence-electron chi connectivity index (χ2n) is 8.15. The molecule has 2 aromatic heterocycles. The fourth-order valence-electron chi connectivity index (χ4n) is 3.72. The molecule has 1 saturated heterocycles. The fourth-order valence-corrected chi connectivity index (χ4v) is 5.32. The third-order valence-corrected chi connectivity index (χ3v) is 7.53. The smallest absolute Gasteiger partial charge is 0.406 e. The van der Waals surface area contributed by atoms with E-state index >= 15 is 0 Å². The quantitative estimate of drug-likeness (QED) is 0.197. The Hall–Kier alpha value is -2.90. The van der Waals surface area contributed by atoms with Crippen LogP contribution in [0.25, 0.3) is 11.0 Å². The van der Waals surface area contributed by atoms with Gasteiger partial charge in [-0.1, -0.05) is 5.16 Å². The van der Waals surface area contributed by atoms with Crippen molar-refractivity contribution in [3.05, 3.63) is 57.0 Å². The highest BCUT2D eigenvalue weighted by atomic mass is 31.3. The number of aliphatic hydroxyl groups excluding tert-OH is 2. The summed E-state index contributed by atoms with van der Waals surface area (Å²) in [7, 11) is -10.8. The van der Waals surface area contributed by atoms with Crippen LogP contribution in [0, 0.1) is 0 Å². The molecule has 1 aliphatic heterocycles. The van der Waals surface area contributed by atoms with E-state index in [0.29, 0.717) is 9.13 Å². The molecular formula is C18H18F3N3O14P2. The topological polar surface area (TPSA) is 242 Å². The summed E-state index contributed by atoms with van der Waals surface area (Å²) < 4.78 is 83.2. The molecule has 5 atom stereocenters. The molecule has 40 heavy (non-hydrogen) atoms. The van der Waals surface area contributed by atoms with E-state index in [1.54, 1.807) is 0 Å². The first-order valence-corrected chi connectivity index (χ1v) is 13.7. The number of hydrogen-bond donors (Lipinski definition) is 5. The summed E-state index contributed by atoms with van der Waals surface area (Å²) in [6.07, 6.45) is -11.0. The van der Waals surface area contributed by atoms with Gasteiger partial charge in [0.25, 0.3) is 5.56 Å². The number of phosphoric ester groups is 1. The number of fused-ring (bicyclic) bond motifs is 1. The number of alkyl halides is 3. The summed E-state index contributed by atoms with van der Waals surface area (Å²) in [4.78, 5) is 52.2. The van der Waals surface area contributed by atoms with Crippen molar-refractivity contribution in [3.8, 4) is 5.75 Å². The lowest BCUT2D eigenvalue weighted by Gasteiger charge is -2.19. The highest BCUT2D eigenvalue weighted by Gasteiger charge is 2.46. The van der Waals surface area contributed by atoms with E-state index in [1.807, 2.05) is 0 Å². The van der Waals surface area contributed by atoms with Gasteiger partial charge < -0.3 is 38.9 Å². The summed E-state index contributed by atoms with van der Waals surface area (Å²) >= 11 is 0. The van der Waals surface area contributed by atoms with E-state index in [2.05, 4.69) is 18.7 Å². The molecule has 0 saturated carbocycles. The molecule has 1 fully saturated rings. The van der Waals surface area contributed by atoms with Gasteiger partial charge in [0.05, 0.1) is 13.2 Å². The van der Waals surface area contributed by atoms with Crippen LogP contribution in [-0.2, 0) is 29.2 Å². The molecular weight excluding hydrogens is 601 g/mol. The SMILES string of the molecule is O=c1ccn(C2OC(COP(=O)(O)OP(=O)(O)O)C(O)C2O)c(=O)n1Cc1noc2cc(OC(F)(F)F)ccc12. The Morgan fingerprint density at radius 1 is 1.07 bits per heavy atom. The standard InChI is InChI=1S/C18H18F3N3O14P2/c19-18(20,21)36-8-1-2-9-10(22-37-11(9)5-8)6-24-13(25)3-4-23(17(24)28)16-15(27)14(26)12(35-16)7-34-40(32,33)38-39(29,30)31/h1-5,12,14-16,26-27H,6-7H2,(H,32,33)(H2,29,30,31). The van der Waals surface area contributed by atoms with Crippen LogP contribution in [0.2, 0.25) is 0 Å². The van der Waals surface area contributed by atoms with E-state index in [4.69, 9.17) is 19.0 Å². The summed E-state index contributed by atoms with van der Waals surface area (Å²) in [5, 5.41) is 24.5. The maximum atomic E-state index is 13.1. The van der Waals surface area contributed by atoms with Crippen LogP contribution in [0.4, 0.5) is 13.2 Å². The van der Waals surface area contributed by atoms with Crippen molar-refractivity contribution in [1.29, 1.82) is 0 Å². The summed E-state index contributed by atoms with van der Waals surface area (Å²) in [5.41, 5.74) is -2.15. The van der Waals surface area contributed by atoms with Crippen molar-refractivity contribution < 1.29 is 70.0 Å². The molecule has 1 aromatic carbocycles. The van der Waals surface area contributed by atoms with E-state index in [9.17, 15) is 47.0 Å². The lowest BCUT2D eigenvalue weighted by molar-refractivity contribution is -0.274. The van der Waals surface area contributed by atoms with Gasteiger partial charge in [-0.25, -0.2) is 13.9 Å². The Balaban J connectivity index is 1.55. The number of benzene rings is 1. The number of aromatic nitrogens is 3. The second-order valence-corrected chi connectivity index (χ2v) is 11.0. The van der Waals surface area contributed by atoms with E-state index in [-0.39, 0.29) is 16.7 Å². The molecule has 0 spiro atoms. The minimum Gasteiger partial charge on any atom is -0.406 e. The third kappa shape index (κ3) is 6.87. The van der Waals surface area contributed by atoms with Crippen LogP contribution < -0.4 is 16.0 Å². The van der Waals surface area contributed by atoms with Crippen LogP contribution in [0.3, 0.4) is 0 Å². The zero-order chi connectivity index (χ0) is 29.6. The molecule has 5 unspecified atom stereocenters. The van der Waals surface area contributed by atoms with Gasteiger partial charge in [0.2, 0.25) is 0 Å². The molecule has 3 aromatic rings. The molecule has 0 bridgehead atoms. The average molecular weight is 619 g/mol. The van der Waals surface area contributed by atoms with Gasteiger partial charge in [-0.15, -0.1) is 13.2 Å². The Morgan fingerprint density at radius 3 is 2.42 bits per heavy atom. The maximum absolute atomic E-state index is 13.1. The second kappa shape index (κ2) is 10.8. The molecule has 0 radical (unpaired) electrons. The molecule has 5 N–H and O–H groups in total. The Bertz CT molecular complexity index is 1610. The van der Waals surface area contributed by atoms with Crippen LogP contribution in [0.15, 0.2) is 44.6 Å². The minimum atomic E-state index is -5.44. The molecule has 4 rings (SSSR count). The average Bonchev–Trinajstić information content (AvgIpc) is 3.33. The van der Waals surface area contributed by atoms with Crippen molar-refractivity contribution in [2.24, 2.45) is 0 Å². The highest BCUT2D eigenvalue weighted by molar-refractivity contribution is 7.60. The lowest BCUT2D eigenvalue weighted by Crippen LogP contribution is -2.43. The first-order chi connectivity index (χ1) is 18.4. The number of nitrogens with zero attached hydrogens (tertiary/aromatic N) is 3. The van der Waals surface area contributed by atoms with Crippen LogP contribution in [0.5, 0.6) is 5.75 Å². The van der Waals surface area contributed by atoms with Gasteiger partial charge in [0.15, 0.2) is 11.8 Å². The van der Waals surface area contributed by atoms with Gasteiger partial charge in [-0.3, -0.25) is 18.5 Å². The summed E-state index contributed by atoms with van der Waals surface area (Å²) in [6.45, 7) is -1.57. The molecule has 1 aliphatic rings. The third-order valence-electron chi connectivity index (χ3n) is 5.38. The molecule has 0 amide bonds. The zero-order valence-electron chi connectivity index (χ0n) is 19.4. The fraction of sp³-hybridized carbons (Fsp3) is 0.389. The predicted molar refractivity (Wildman–Crippen MR) is 120 cm³/mol. The van der Waals surface area contributed by atoms with Gasteiger partial charge in [0.1, 0.15) is 29.8 Å². The van der Waals surface area contributed by atoms with Crippen molar-refractivity contribution in [1.82, 2.24) is 14.3 Å². The number of hydrogen-bond acceptors (Lipinski definition) is 12. The number of phosphoric acid groups is 2. The lowest BCUT2D eigenvalue weighted by atomic mass is 10.1. The molecule has 3 heterocycles. The first kappa shape index (κ1) is 30.1. The van der Waals surface area contributed by atoms with Crippen molar-refractivity contribution >= 4 is 26.6 Å². The molecule has 0 aliphatic carbocycles. The molecule has 220 valence electrons. The summed E-state index contributed by atoms with van der Waals surface area (Å²) in [6, 6.07) is 3.91. The monoisotopic (exact) mass is 619 g/mol. The number of halogens is 3. The Labute approximate surface area is 218 Å². The first-order valence-electron chi connectivity index (χ1n) is 10.7. The molecule has 17 nitrogen and oxygen atoms in total. The van der Waals surface area contributed by atoms with Crippen LogP contribution >= 0.6 is 15.6 Å². The predicted octanol–water partition coefficient (Wildman–Crippen LogP) is -0.0564. The van der Waals surface area contributed by atoms with Crippen LogP contribution in [-0.4, -0.2) is 70.5 Å². The number of rotatable bonds is 9. The zero-order valence-corrected chi connectivity index (χ0v) is 21.2. The normalized spacial score (nSPS) is 23.4. The largest absolute Gasteiger partial charge is 0.573 e. The minimum absolute atomic E-state index is 0.0338. The highest BCUT2D eigenvalue weighted by Crippen LogP contribution is 2.57. The van der Waals surface area contributed by atoms with Gasteiger partial charge in [-0.05, 0) is 12.1 Å². The van der Waals surface area contributed by atoms with E-state index in [0.717, 1.165) is 30.5 Å². The summed E-state index contributed by atoms with van der Waals surface area (Å²) in [5.74, 6) is -0.600. The Kier molecular flexibility index (Phi) is 8.14. The van der Waals surface area contributed by atoms with Gasteiger partial charge in [-0.2, -0.15) is 4.31 Å². The van der Waals surface area contributed by atoms with Crippen molar-refractivity contribution in [2.45, 2.75) is 37.4 Å². The van der Waals surface area contributed by atoms with E-state index < -0.39 is 76.7 Å². The number of ether oxygens (including phenoxy) is 2. The van der Waals surface area contributed by atoms with Gasteiger partial charge in [0, 0.05) is 23.7 Å². The van der Waals surface area contributed by atoms with Crippen molar-refractivity contribution in [2.75, 3.05) is 6.61 Å². The van der Waals surface area contributed by atoms with Gasteiger partial charge >= 0.3 is 27.7 Å². The van der Waals surface area contributed by atoms with E-state index in [1.165, 1.54) is 0 Å². The maximum Gasteiger partial charge on any atom is 0.573 e. The van der Waals surface area contributed by atoms with Crippen molar-refractivity contribution in [3.63, 3.8) is 0 Å². The number of aliphatic hydroxyl groups is 2. The van der Waals surface area contributed by atoms with Crippen LogP contribution in [0.1, 0.15) is 11.9 Å². The molecule has 22 heteroatoms. The Morgan fingerprint density at radius 2 is 1.77 bits per heavy atom.